The van der Waals surface area contributed by atoms with E-state index < -0.39 is 0 Å². The third-order valence-electron chi connectivity index (χ3n) is 4.78. The SMILES string of the molecule is CC1N=C(c2ccccc2)SC1C(=O)N1CCc2cc(O)ccc2C1. The molecular formula is C20H20N2O2S. The molecule has 0 spiro atoms. The van der Waals surface area contributed by atoms with Crippen molar-refractivity contribution in [3.63, 3.8) is 0 Å². The number of hydrogen-bond acceptors (Lipinski definition) is 4. The molecule has 0 saturated carbocycles. The van der Waals surface area contributed by atoms with E-state index in [9.17, 15) is 9.90 Å². The van der Waals surface area contributed by atoms with Gasteiger partial charge in [0.1, 0.15) is 11.0 Å². The van der Waals surface area contributed by atoms with Gasteiger partial charge in [-0.05, 0) is 36.6 Å². The molecule has 25 heavy (non-hydrogen) atoms. The van der Waals surface area contributed by atoms with Gasteiger partial charge in [0, 0.05) is 18.7 Å². The normalized spacial score (nSPS) is 22.4. The molecule has 0 saturated heterocycles. The molecule has 0 aromatic heterocycles. The second-order valence-corrected chi connectivity index (χ2v) is 7.67. The van der Waals surface area contributed by atoms with E-state index in [1.807, 2.05) is 48.2 Å². The van der Waals surface area contributed by atoms with Gasteiger partial charge in [-0.2, -0.15) is 0 Å². The molecule has 4 nitrogen and oxygen atoms in total. The quantitative estimate of drug-likeness (QED) is 0.903. The van der Waals surface area contributed by atoms with Crippen LogP contribution in [0.15, 0.2) is 53.5 Å². The Morgan fingerprint density at radius 1 is 1.20 bits per heavy atom. The number of thioether (sulfide) groups is 1. The molecular weight excluding hydrogens is 332 g/mol. The monoisotopic (exact) mass is 352 g/mol. The van der Waals surface area contributed by atoms with E-state index in [1.165, 1.54) is 0 Å². The van der Waals surface area contributed by atoms with E-state index in [0.717, 1.165) is 28.2 Å². The highest BCUT2D eigenvalue weighted by atomic mass is 32.2. The fourth-order valence-electron chi connectivity index (χ4n) is 3.39. The van der Waals surface area contributed by atoms with Crippen molar-refractivity contribution in [3.05, 3.63) is 65.2 Å². The lowest BCUT2D eigenvalue weighted by molar-refractivity contribution is -0.131. The number of fused-ring (bicyclic) bond motifs is 1. The number of carbonyl (C=O) groups is 1. The molecule has 0 fully saturated rings. The first-order valence-corrected chi connectivity index (χ1v) is 9.39. The maximum atomic E-state index is 13.0. The van der Waals surface area contributed by atoms with Gasteiger partial charge in [-0.1, -0.05) is 48.2 Å². The summed E-state index contributed by atoms with van der Waals surface area (Å²) in [6.07, 6.45) is 0.785. The lowest BCUT2D eigenvalue weighted by Gasteiger charge is -2.31. The molecule has 0 bridgehead atoms. The first-order valence-electron chi connectivity index (χ1n) is 8.51. The van der Waals surface area contributed by atoms with Crippen molar-refractivity contribution in [3.8, 4) is 5.75 Å². The Kier molecular flexibility index (Phi) is 4.25. The summed E-state index contributed by atoms with van der Waals surface area (Å²) in [6.45, 7) is 3.32. The van der Waals surface area contributed by atoms with E-state index in [4.69, 9.17) is 4.99 Å². The molecule has 128 valence electrons. The van der Waals surface area contributed by atoms with Crippen LogP contribution >= 0.6 is 11.8 Å². The van der Waals surface area contributed by atoms with E-state index in [-0.39, 0.29) is 17.2 Å². The van der Waals surface area contributed by atoms with E-state index in [1.54, 1.807) is 23.9 Å². The van der Waals surface area contributed by atoms with Crippen molar-refractivity contribution in [1.82, 2.24) is 4.90 Å². The zero-order chi connectivity index (χ0) is 17.4. The average Bonchev–Trinajstić information content (AvgIpc) is 3.03. The van der Waals surface area contributed by atoms with Crippen molar-refractivity contribution in [2.45, 2.75) is 31.2 Å². The molecule has 2 aliphatic heterocycles. The summed E-state index contributed by atoms with van der Waals surface area (Å²) in [5.74, 6) is 0.449. The Balaban J connectivity index is 1.48. The Morgan fingerprint density at radius 2 is 2.00 bits per heavy atom. The zero-order valence-electron chi connectivity index (χ0n) is 14.1. The molecule has 2 atom stereocenters. The Morgan fingerprint density at radius 3 is 2.80 bits per heavy atom. The van der Waals surface area contributed by atoms with Crippen LogP contribution in [0.1, 0.15) is 23.6 Å². The summed E-state index contributed by atoms with van der Waals surface area (Å²) in [5.41, 5.74) is 3.34. The fraction of sp³-hybridized carbons (Fsp3) is 0.300. The van der Waals surface area contributed by atoms with E-state index >= 15 is 0 Å². The predicted octanol–water partition coefficient (Wildman–Crippen LogP) is 3.23. The molecule has 1 N–H and O–H groups in total. The molecule has 0 aliphatic carbocycles. The summed E-state index contributed by atoms with van der Waals surface area (Å²) in [4.78, 5) is 19.7. The van der Waals surface area contributed by atoms with E-state index in [2.05, 4.69) is 0 Å². The van der Waals surface area contributed by atoms with Crippen molar-refractivity contribution in [2.75, 3.05) is 6.54 Å². The van der Waals surface area contributed by atoms with Crippen LogP contribution in [0, 0.1) is 0 Å². The first kappa shape index (κ1) is 16.2. The lowest BCUT2D eigenvalue weighted by Crippen LogP contribution is -2.43. The zero-order valence-corrected chi connectivity index (χ0v) is 14.9. The number of aliphatic imine (C=N–C) groups is 1. The smallest absolute Gasteiger partial charge is 0.238 e. The highest BCUT2D eigenvalue weighted by Gasteiger charge is 2.36. The molecule has 2 unspecified atom stereocenters. The number of rotatable bonds is 2. The van der Waals surface area contributed by atoms with Gasteiger partial charge in [0.25, 0.3) is 0 Å². The standard InChI is InChI=1S/C20H20N2O2S/c1-13-18(25-19(21-13)14-5-3-2-4-6-14)20(24)22-10-9-15-11-17(23)8-7-16(15)12-22/h2-8,11,13,18,23H,9-10,12H2,1H3. The number of benzene rings is 2. The summed E-state index contributed by atoms with van der Waals surface area (Å²) < 4.78 is 0. The minimum atomic E-state index is -0.158. The van der Waals surface area contributed by atoms with Gasteiger partial charge >= 0.3 is 0 Å². The topological polar surface area (TPSA) is 52.9 Å². The summed E-state index contributed by atoms with van der Waals surface area (Å²) in [5, 5.41) is 10.4. The van der Waals surface area contributed by atoms with Crippen LogP contribution in [0.3, 0.4) is 0 Å². The van der Waals surface area contributed by atoms with Gasteiger partial charge in [-0.15, -0.1) is 0 Å². The molecule has 2 aromatic rings. The van der Waals surface area contributed by atoms with Gasteiger partial charge in [0.05, 0.1) is 11.1 Å². The first-order chi connectivity index (χ1) is 12.1. The van der Waals surface area contributed by atoms with Crippen molar-refractivity contribution in [2.24, 2.45) is 4.99 Å². The lowest BCUT2D eigenvalue weighted by atomic mass is 9.99. The average molecular weight is 352 g/mol. The van der Waals surface area contributed by atoms with Crippen LogP contribution < -0.4 is 0 Å². The van der Waals surface area contributed by atoms with Gasteiger partial charge < -0.3 is 10.0 Å². The predicted molar refractivity (Wildman–Crippen MR) is 101 cm³/mol. The fourth-order valence-corrected chi connectivity index (χ4v) is 4.64. The molecule has 2 aromatic carbocycles. The maximum absolute atomic E-state index is 13.0. The van der Waals surface area contributed by atoms with Crippen LogP contribution in [0.25, 0.3) is 0 Å². The summed E-state index contributed by atoms with van der Waals surface area (Å²) >= 11 is 1.58. The van der Waals surface area contributed by atoms with Gasteiger partial charge in [0.15, 0.2) is 0 Å². The molecule has 2 aliphatic rings. The number of phenolic OH excluding ortho intramolecular Hbond substituents is 1. The third-order valence-corrected chi connectivity index (χ3v) is 6.19. The van der Waals surface area contributed by atoms with Crippen LogP contribution in [-0.2, 0) is 17.8 Å². The Hall–Kier alpha value is -2.27. The molecule has 2 heterocycles. The second kappa shape index (κ2) is 6.56. The van der Waals surface area contributed by atoms with Crippen LogP contribution in [0.2, 0.25) is 0 Å². The van der Waals surface area contributed by atoms with Crippen LogP contribution in [0.5, 0.6) is 5.75 Å². The molecule has 1 amide bonds. The maximum Gasteiger partial charge on any atom is 0.238 e. The number of amides is 1. The largest absolute Gasteiger partial charge is 0.508 e. The molecule has 0 radical (unpaired) electrons. The minimum Gasteiger partial charge on any atom is -0.508 e. The molecule has 4 rings (SSSR count). The summed E-state index contributed by atoms with van der Waals surface area (Å²) in [7, 11) is 0. The van der Waals surface area contributed by atoms with Gasteiger partial charge in [0.2, 0.25) is 5.91 Å². The number of aromatic hydroxyl groups is 1. The van der Waals surface area contributed by atoms with E-state index in [0.29, 0.717) is 18.8 Å². The van der Waals surface area contributed by atoms with Crippen molar-refractivity contribution in [1.29, 1.82) is 0 Å². The Bertz CT molecular complexity index is 835. The van der Waals surface area contributed by atoms with Gasteiger partial charge in [-0.25, -0.2) is 0 Å². The number of phenols is 1. The van der Waals surface area contributed by atoms with Crippen LogP contribution in [-0.4, -0.2) is 38.8 Å². The van der Waals surface area contributed by atoms with Crippen LogP contribution in [0.4, 0.5) is 0 Å². The number of nitrogens with zero attached hydrogens (tertiary/aromatic N) is 2. The Labute approximate surface area is 151 Å². The highest BCUT2D eigenvalue weighted by molar-refractivity contribution is 8.15. The number of hydrogen-bond donors (Lipinski definition) is 1. The minimum absolute atomic E-state index is 0.0195. The third kappa shape index (κ3) is 3.16. The van der Waals surface area contributed by atoms with Crippen molar-refractivity contribution >= 4 is 22.7 Å². The van der Waals surface area contributed by atoms with Crippen molar-refractivity contribution < 1.29 is 9.90 Å². The van der Waals surface area contributed by atoms with Gasteiger partial charge in [-0.3, -0.25) is 9.79 Å². The summed E-state index contributed by atoms with van der Waals surface area (Å²) in [6, 6.07) is 15.4. The second-order valence-electron chi connectivity index (χ2n) is 6.54. The highest BCUT2D eigenvalue weighted by Crippen LogP contribution is 2.33. The number of carbonyl (C=O) groups excluding carboxylic acids is 1. The molecule has 5 heteroatoms.